The van der Waals surface area contributed by atoms with Gasteiger partial charge in [-0.25, -0.2) is 0 Å². The Morgan fingerprint density at radius 3 is 2.96 bits per heavy atom. The van der Waals surface area contributed by atoms with E-state index in [1.54, 1.807) is 18.2 Å². The van der Waals surface area contributed by atoms with Crippen molar-refractivity contribution >= 4 is 28.8 Å². The number of imide groups is 1. The van der Waals surface area contributed by atoms with Gasteiger partial charge in [0.2, 0.25) is 5.91 Å². The third-order valence-corrected chi connectivity index (χ3v) is 5.11. The van der Waals surface area contributed by atoms with Gasteiger partial charge >= 0.3 is 0 Å². The van der Waals surface area contributed by atoms with Crippen molar-refractivity contribution in [3.63, 3.8) is 0 Å². The zero-order chi connectivity index (χ0) is 17.1. The largest absolute Gasteiger partial charge is 0.376 e. The number of thioether (sulfide) groups is 1. The van der Waals surface area contributed by atoms with Crippen molar-refractivity contribution < 1.29 is 19.1 Å². The standard InChI is InChI=1S/C17H20N2O4S/c1-11(14-6-3-7-23-14)18-16(21)13-5-2-4-12(8-13)9-19-15(20)10-24-17(19)22/h2,4-5,8,11,14H,3,6-7,9-10H2,1H3,(H,18,21)/t11-,14+/m1/s1. The molecule has 1 aromatic carbocycles. The van der Waals surface area contributed by atoms with E-state index >= 15 is 0 Å². The maximum atomic E-state index is 12.4. The maximum Gasteiger partial charge on any atom is 0.289 e. The van der Waals surface area contributed by atoms with Crippen LogP contribution in [0.1, 0.15) is 35.7 Å². The molecule has 3 rings (SSSR count). The summed E-state index contributed by atoms with van der Waals surface area (Å²) in [5.41, 5.74) is 1.28. The van der Waals surface area contributed by atoms with E-state index in [1.165, 1.54) is 4.90 Å². The van der Waals surface area contributed by atoms with Crippen LogP contribution in [-0.4, -0.2) is 46.5 Å². The van der Waals surface area contributed by atoms with Crippen molar-refractivity contribution in [1.29, 1.82) is 0 Å². The average Bonchev–Trinajstić information content (AvgIpc) is 3.21. The molecule has 2 saturated heterocycles. The summed E-state index contributed by atoms with van der Waals surface area (Å²) in [6.45, 7) is 2.89. The normalized spacial score (nSPS) is 22.0. The Balaban J connectivity index is 1.64. The molecule has 6 nitrogen and oxygen atoms in total. The first kappa shape index (κ1) is 17.0. The molecule has 0 saturated carbocycles. The first-order valence-electron chi connectivity index (χ1n) is 8.03. The van der Waals surface area contributed by atoms with E-state index in [0.717, 1.165) is 36.8 Å². The van der Waals surface area contributed by atoms with Crippen LogP contribution in [0.25, 0.3) is 0 Å². The van der Waals surface area contributed by atoms with E-state index in [0.29, 0.717) is 5.56 Å². The number of rotatable bonds is 5. The molecular weight excluding hydrogens is 328 g/mol. The van der Waals surface area contributed by atoms with Gasteiger partial charge in [-0.2, -0.15) is 0 Å². The number of hydrogen-bond acceptors (Lipinski definition) is 5. The van der Waals surface area contributed by atoms with E-state index in [1.807, 2.05) is 13.0 Å². The molecule has 0 bridgehead atoms. The fourth-order valence-corrected chi connectivity index (χ4v) is 3.63. The van der Waals surface area contributed by atoms with Gasteiger partial charge in [-0.1, -0.05) is 23.9 Å². The van der Waals surface area contributed by atoms with E-state index in [2.05, 4.69) is 5.32 Å². The summed E-state index contributed by atoms with van der Waals surface area (Å²) in [7, 11) is 0. The predicted octanol–water partition coefficient (Wildman–Crippen LogP) is 2.18. The minimum Gasteiger partial charge on any atom is -0.376 e. The van der Waals surface area contributed by atoms with Gasteiger partial charge in [0.25, 0.3) is 11.1 Å². The molecule has 2 aliphatic rings. The van der Waals surface area contributed by atoms with Crippen molar-refractivity contribution in [3.05, 3.63) is 35.4 Å². The molecule has 128 valence electrons. The molecule has 7 heteroatoms. The summed E-state index contributed by atoms with van der Waals surface area (Å²) in [6, 6.07) is 6.97. The van der Waals surface area contributed by atoms with E-state index in [4.69, 9.17) is 4.74 Å². The summed E-state index contributed by atoms with van der Waals surface area (Å²) >= 11 is 1.01. The van der Waals surface area contributed by atoms with Crippen molar-refractivity contribution in [1.82, 2.24) is 10.2 Å². The maximum absolute atomic E-state index is 12.4. The highest BCUT2D eigenvalue weighted by molar-refractivity contribution is 8.14. The van der Waals surface area contributed by atoms with Gasteiger partial charge < -0.3 is 10.1 Å². The van der Waals surface area contributed by atoms with Gasteiger partial charge in [-0.05, 0) is 37.5 Å². The number of ether oxygens (including phenoxy) is 1. The van der Waals surface area contributed by atoms with Crippen LogP contribution in [0.2, 0.25) is 0 Å². The van der Waals surface area contributed by atoms with Crippen LogP contribution >= 0.6 is 11.8 Å². The monoisotopic (exact) mass is 348 g/mol. The molecule has 2 atom stereocenters. The highest BCUT2D eigenvalue weighted by Gasteiger charge is 2.30. The predicted molar refractivity (Wildman–Crippen MR) is 90.7 cm³/mol. The van der Waals surface area contributed by atoms with Crippen molar-refractivity contribution in [2.75, 3.05) is 12.4 Å². The van der Waals surface area contributed by atoms with Crippen LogP contribution in [0.3, 0.4) is 0 Å². The third kappa shape index (κ3) is 3.79. The smallest absolute Gasteiger partial charge is 0.289 e. The Morgan fingerprint density at radius 1 is 1.46 bits per heavy atom. The lowest BCUT2D eigenvalue weighted by Gasteiger charge is -2.20. The molecule has 2 aliphatic heterocycles. The van der Waals surface area contributed by atoms with Crippen LogP contribution in [0.4, 0.5) is 4.79 Å². The molecule has 2 heterocycles. The Morgan fingerprint density at radius 2 is 2.29 bits per heavy atom. The lowest BCUT2D eigenvalue weighted by molar-refractivity contribution is -0.125. The number of hydrogen-bond donors (Lipinski definition) is 1. The number of carbonyl (C=O) groups is 3. The zero-order valence-electron chi connectivity index (χ0n) is 13.5. The third-order valence-electron chi connectivity index (χ3n) is 4.25. The summed E-state index contributed by atoms with van der Waals surface area (Å²) < 4.78 is 5.59. The molecular formula is C17H20N2O4S. The fourth-order valence-electron chi connectivity index (χ4n) is 2.91. The number of nitrogens with zero attached hydrogens (tertiary/aromatic N) is 1. The minimum atomic E-state index is -0.234. The van der Waals surface area contributed by atoms with Crippen LogP contribution in [0, 0.1) is 0 Å². The van der Waals surface area contributed by atoms with Gasteiger partial charge in [0, 0.05) is 12.2 Å². The SMILES string of the molecule is C[C@@H](NC(=O)c1cccc(CN2C(=O)CSC2=O)c1)[C@@H]1CCCO1. The minimum absolute atomic E-state index is 0.0539. The highest BCUT2D eigenvalue weighted by atomic mass is 32.2. The van der Waals surface area contributed by atoms with Crippen LogP contribution in [-0.2, 0) is 16.1 Å². The molecule has 2 fully saturated rings. The van der Waals surface area contributed by atoms with Crippen LogP contribution in [0.5, 0.6) is 0 Å². The molecule has 0 unspecified atom stereocenters. The first-order valence-corrected chi connectivity index (χ1v) is 9.01. The summed E-state index contributed by atoms with van der Waals surface area (Å²) in [5, 5.41) is 2.73. The molecule has 3 amide bonds. The molecule has 1 aromatic rings. The first-order chi connectivity index (χ1) is 11.5. The van der Waals surface area contributed by atoms with Crippen LogP contribution in [0.15, 0.2) is 24.3 Å². The van der Waals surface area contributed by atoms with E-state index in [9.17, 15) is 14.4 Å². The molecule has 0 spiro atoms. The fraction of sp³-hybridized carbons (Fsp3) is 0.471. The molecule has 24 heavy (non-hydrogen) atoms. The number of nitrogens with one attached hydrogen (secondary N) is 1. The zero-order valence-corrected chi connectivity index (χ0v) is 14.3. The molecule has 0 aromatic heterocycles. The Hall–Kier alpha value is -1.86. The van der Waals surface area contributed by atoms with Gasteiger partial charge in [-0.3, -0.25) is 19.3 Å². The average molecular weight is 348 g/mol. The molecule has 0 aliphatic carbocycles. The second-order valence-corrected chi connectivity index (χ2v) is 6.98. The van der Waals surface area contributed by atoms with Gasteiger partial charge in [0.05, 0.1) is 24.4 Å². The topological polar surface area (TPSA) is 75.7 Å². The second kappa shape index (κ2) is 7.36. The van der Waals surface area contributed by atoms with Gasteiger partial charge in [-0.15, -0.1) is 0 Å². The van der Waals surface area contributed by atoms with Crippen molar-refractivity contribution in [2.24, 2.45) is 0 Å². The Bertz CT molecular complexity index is 642. The molecule has 0 radical (unpaired) electrons. The summed E-state index contributed by atoms with van der Waals surface area (Å²) in [4.78, 5) is 37.0. The van der Waals surface area contributed by atoms with Gasteiger partial charge in [0.15, 0.2) is 0 Å². The Kier molecular flexibility index (Phi) is 5.20. The molecule has 1 N–H and O–H groups in total. The van der Waals surface area contributed by atoms with Gasteiger partial charge in [0.1, 0.15) is 0 Å². The van der Waals surface area contributed by atoms with Crippen molar-refractivity contribution in [2.45, 2.75) is 38.5 Å². The summed E-state index contributed by atoms with van der Waals surface area (Å²) in [5.74, 6) is -0.169. The quantitative estimate of drug-likeness (QED) is 0.883. The second-order valence-electron chi connectivity index (χ2n) is 6.05. The number of carbonyl (C=O) groups excluding carboxylic acids is 3. The van der Waals surface area contributed by atoms with E-state index in [-0.39, 0.29) is 41.5 Å². The number of amides is 3. The lowest BCUT2D eigenvalue weighted by Crippen LogP contribution is -2.40. The summed E-state index contributed by atoms with van der Waals surface area (Å²) in [6.07, 6.45) is 2.04. The number of benzene rings is 1. The Labute approximate surface area is 144 Å². The highest BCUT2D eigenvalue weighted by Crippen LogP contribution is 2.21. The lowest BCUT2D eigenvalue weighted by atomic mass is 10.1. The van der Waals surface area contributed by atoms with E-state index < -0.39 is 0 Å². The van der Waals surface area contributed by atoms with Crippen LogP contribution < -0.4 is 5.32 Å². The van der Waals surface area contributed by atoms with Crippen molar-refractivity contribution in [3.8, 4) is 0 Å².